The Morgan fingerprint density at radius 1 is 1.32 bits per heavy atom. The summed E-state index contributed by atoms with van der Waals surface area (Å²) in [6.45, 7) is 5.17. The molecule has 146 valence electrons. The van der Waals surface area contributed by atoms with Crippen molar-refractivity contribution in [3.05, 3.63) is 53.9 Å². The second-order valence-corrected chi connectivity index (χ2v) is 7.89. The van der Waals surface area contributed by atoms with Gasteiger partial charge in [-0.2, -0.15) is 4.98 Å². The van der Waals surface area contributed by atoms with Gasteiger partial charge < -0.3 is 9.73 Å². The van der Waals surface area contributed by atoms with Crippen LogP contribution in [0.2, 0.25) is 0 Å². The van der Waals surface area contributed by atoms with Crippen LogP contribution in [-0.2, 0) is 10.0 Å². The Kier molecular flexibility index (Phi) is 5.19. The van der Waals surface area contributed by atoms with E-state index >= 15 is 0 Å². The van der Waals surface area contributed by atoms with Crippen LogP contribution in [-0.4, -0.2) is 32.1 Å². The zero-order valence-electron chi connectivity index (χ0n) is 15.2. The summed E-state index contributed by atoms with van der Waals surface area (Å²) in [6, 6.07) is 7.03. The quantitative estimate of drug-likeness (QED) is 0.657. The molecular weight excluding hydrogens is 385 g/mol. The number of fused-ring (bicyclic) bond motifs is 1. The number of anilines is 1. The van der Waals surface area contributed by atoms with E-state index in [9.17, 15) is 17.6 Å². The highest BCUT2D eigenvalue weighted by Gasteiger charge is 2.24. The second-order valence-electron chi connectivity index (χ2n) is 5.88. The summed E-state index contributed by atoms with van der Waals surface area (Å²) in [5.74, 6) is -0.729. The molecule has 0 saturated heterocycles. The van der Waals surface area contributed by atoms with Crippen molar-refractivity contribution in [3.8, 4) is 11.3 Å². The number of furan rings is 1. The first-order chi connectivity index (χ1) is 13.3. The van der Waals surface area contributed by atoms with E-state index in [1.165, 1.54) is 44.3 Å². The van der Waals surface area contributed by atoms with Gasteiger partial charge in [0.15, 0.2) is 5.82 Å². The number of amides is 1. The van der Waals surface area contributed by atoms with Gasteiger partial charge in [-0.3, -0.25) is 9.52 Å². The molecule has 3 rings (SSSR count). The molecule has 7 nitrogen and oxygen atoms in total. The lowest BCUT2D eigenvalue weighted by molar-refractivity contribution is 0.0964. The van der Waals surface area contributed by atoms with Crippen LogP contribution in [0.3, 0.4) is 0 Å². The Morgan fingerprint density at radius 2 is 2.00 bits per heavy atom. The number of hydrogen-bond acceptors (Lipinski definition) is 5. The van der Waals surface area contributed by atoms with Gasteiger partial charge in [0.25, 0.3) is 5.91 Å². The lowest BCUT2D eigenvalue weighted by Gasteiger charge is -2.08. The maximum absolute atomic E-state index is 13.3. The molecule has 0 spiro atoms. The van der Waals surface area contributed by atoms with Crippen molar-refractivity contribution in [3.63, 3.8) is 0 Å². The molecule has 28 heavy (non-hydrogen) atoms. The smallest absolute Gasteiger partial charge is 0.255 e. The first-order valence-electron chi connectivity index (χ1n) is 8.38. The van der Waals surface area contributed by atoms with E-state index in [2.05, 4.69) is 21.6 Å². The molecule has 9 heteroatoms. The molecule has 3 aromatic rings. The molecule has 0 aliphatic rings. The SMILES string of the molecule is C=Cc1cc2c(C(=O)NC)c(-c3ccc(F)cc3)oc2nc1NS(=O)(=O)CC. The Hall–Kier alpha value is -3.20. The molecule has 1 amide bonds. The van der Waals surface area contributed by atoms with Crippen molar-refractivity contribution < 1.29 is 22.0 Å². The van der Waals surface area contributed by atoms with Crippen molar-refractivity contribution in [1.29, 1.82) is 0 Å². The lowest BCUT2D eigenvalue weighted by atomic mass is 10.0. The minimum absolute atomic E-state index is 0.0483. The van der Waals surface area contributed by atoms with Gasteiger partial charge in [0, 0.05) is 18.2 Å². The van der Waals surface area contributed by atoms with E-state index in [1.54, 1.807) is 6.07 Å². The maximum atomic E-state index is 13.3. The number of carbonyl (C=O) groups excluding carboxylic acids is 1. The third-order valence-corrected chi connectivity index (χ3v) is 5.39. The number of pyridine rings is 1. The van der Waals surface area contributed by atoms with E-state index < -0.39 is 21.7 Å². The summed E-state index contributed by atoms with van der Waals surface area (Å²) in [5.41, 5.74) is 1.15. The van der Waals surface area contributed by atoms with Crippen molar-refractivity contribution in [2.45, 2.75) is 6.92 Å². The first-order valence-corrected chi connectivity index (χ1v) is 10.0. The molecule has 0 aliphatic heterocycles. The predicted molar refractivity (Wildman–Crippen MR) is 106 cm³/mol. The molecule has 2 N–H and O–H groups in total. The number of aromatic nitrogens is 1. The van der Waals surface area contributed by atoms with Gasteiger partial charge >= 0.3 is 0 Å². The number of nitrogens with one attached hydrogen (secondary N) is 2. The summed E-state index contributed by atoms with van der Waals surface area (Å²) in [4.78, 5) is 16.7. The minimum Gasteiger partial charge on any atom is -0.437 e. The largest absolute Gasteiger partial charge is 0.437 e. The fourth-order valence-corrected chi connectivity index (χ4v) is 3.25. The number of sulfonamides is 1. The average molecular weight is 403 g/mol. The highest BCUT2D eigenvalue weighted by atomic mass is 32.2. The summed E-state index contributed by atoms with van der Waals surface area (Å²) in [6.07, 6.45) is 1.43. The summed E-state index contributed by atoms with van der Waals surface area (Å²) < 4.78 is 45.3. The van der Waals surface area contributed by atoms with Gasteiger partial charge in [0.2, 0.25) is 15.7 Å². The second kappa shape index (κ2) is 7.43. The maximum Gasteiger partial charge on any atom is 0.255 e. The Morgan fingerprint density at radius 3 is 2.57 bits per heavy atom. The zero-order chi connectivity index (χ0) is 20.5. The number of carbonyl (C=O) groups is 1. The number of benzene rings is 1. The molecule has 0 atom stereocenters. The Bertz CT molecular complexity index is 1170. The molecule has 0 radical (unpaired) electrons. The van der Waals surface area contributed by atoms with Gasteiger partial charge in [-0.1, -0.05) is 12.7 Å². The van der Waals surface area contributed by atoms with Crippen LogP contribution < -0.4 is 10.0 Å². The lowest BCUT2D eigenvalue weighted by Crippen LogP contribution is -2.18. The normalized spacial score (nSPS) is 11.4. The van der Waals surface area contributed by atoms with Gasteiger partial charge in [-0.15, -0.1) is 0 Å². The van der Waals surface area contributed by atoms with Crippen LogP contribution in [0.15, 0.2) is 41.3 Å². The monoisotopic (exact) mass is 403 g/mol. The van der Waals surface area contributed by atoms with E-state index in [0.717, 1.165) is 0 Å². The first kappa shape index (κ1) is 19.6. The van der Waals surface area contributed by atoms with Crippen LogP contribution in [0, 0.1) is 5.82 Å². The van der Waals surface area contributed by atoms with Crippen LogP contribution in [0.25, 0.3) is 28.5 Å². The summed E-state index contributed by atoms with van der Waals surface area (Å²) in [5, 5.41) is 2.92. The minimum atomic E-state index is -3.58. The average Bonchev–Trinajstić information content (AvgIpc) is 3.05. The fraction of sp³-hybridized carbons (Fsp3) is 0.158. The molecule has 0 aliphatic carbocycles. The van der Waals surface area contributed by atoms with E-state index in [0.29, 0.717) is 16.5 Å². The summed E-state index contributed by atoms with van der Waals surface area (Å²) >= 11 is 0. The third-order valence-electron chi connectivity index (χ3n) is 4.12. The third kappa shape index (κ3) is 3.61. The molecule has 1 aromatic carbocycles. The molecule has 2 heterocycles. The summed E-state index contributed by atoms with van der Waals surface area (Å²) in [7, 11) is -2.10. The molecule has 0 unspecified atom stereocenters. The fourth-order valence-electron chi connectivity index (χ4n) is 2.65. The van der Waals surface area contributed by atoms with Crippen LogP contribution in [0.5, 0.6) is 0 Å². The molecule has 0 fully saturated rings. The van der Waals surface area contributed by atoms with Gasteiger partial charge in [0.1, 0.15) is 11.6 Å². The Balaban J connectivity index is 2.29. The highest BCUT2D eigenvalue weighted by molar-refractivity contribution is 7.92. The zero-order valence-corrected chi connectivity index (χ0v) is 16.1. The topological polar surface area (TPSA) is 101 Å². The number of hydrogen-bond donors (Lipinski definition) is 2. The predicted octanol–water partition coefficient (Wildman–Crippen LogP) is 3.40. The molecular formula is C19H18FN3O4S. The number of halogens is 1. The standard InChI is InChI=1S/C19H18FN3O4S/c1-4-11-10-14-15(18(24)21-3)16(12-6-8-13(20)9-7-12)27-19(14)22-17(11)23-28(25,26)5-2/h4,6-10H,1,5H2,2-3H3,(H,21,24)(H,22,23). The highest BCUT2D eigenvalue weighted by Crippen LogP contribution is 2.35. The van der Waals surface area contributed by atoms with E-state index in [4.69, 9.17) is 4.42 Å². The van der Waals surface area contributed by atoms with Crippen LogP contribution >= 0.6 is 0 Å². The van der Waals surface area contributed by atoms with E-state index in [-0.39, 0.29) is 28.6 Å². The Labute approximate surface area is 161 Å². The van der Waals surface area contributed by atoms with Crippen molar-refractivity contribution in [2.75, 3.05) is 17.5 Å². The van der Waals surface area contributed by atoms with E-state index in [1.807, 2.05) is 0 Å². The van der Waals surface area contributed by atoms with Gasteiger partial charge in [-0.25, -0.2) is 12.8 Å². The van der Waals surface area contributed by atoms with Crippen molar-refractivity contribution in [1.82, 2.24) is 10.3 Å². The number of nitrogens with zero attached hydrogens (tertiary/aromatic N) is 1. The van der Waals surface area contributed by atoms with Gasteiger partial charge in [-0.05, 0) is 37.3 Å². The van der Waals surface area contributed by atoms with Crippen molar-refractivity contribution in [2.24, 2.45) is 0 Å². The van der Waals surface area contributed by atoms with Crippen LogP contribution in [0.1, 0.15) is 22.8 Å². The molecule has 0 bridgehead atoms. The molecule has 2 aromatic heterocycles. The van der Waals surface area contributed by atoms with Gasteiger partial charge in [0.05, 0.1) is 16.7 Å². The molecule has 0 saturated carbocycles. The number of rotatable bonds is 6. The van der Waals surface area contributed by atoms with Crippen molar-refractivity contribution >= 4 is 38.9 Å². The van der Waals surface area contributed by atoms with Crippen LogP contribution in [0.4, 0.5) is 10.2 Å².